The van der Waals surface area contributed by atoms with Crippen LogP contribution < -0.4 is 5.73 Å². The molecule has 12 heteroatoms. The van der Waals surface area contributed by atoms with Crippen LogP contribution >= 0.6 is 0 Å². The molecule has 2 heterocycles. The van der Waals surface area contributed by atoms with E-state index < -0.39 is 30.0 Å². The number of rotatable bonds is 6. The molecule has 1 aromatic rings. The number of likely N-dealkylation sites (tertiary alicyclic amines) is 1. The molecule has 1 aromatic carbocycles. The number of amides is 3. The Morgan fingerprint density at radius 2 is 1.88 bits per heavy atom. The van der Waals surface area contributed by atoms with Crippen molar-refractivity contribution in [3.63, 3.8) is 0 Å². The summed E-state index contributed by atoms with van der Waals surface area (Å²) in [6.07, 6.45) is 0.935. The van der Waals surface area contributed by atoms with E-state index in [1.165, 1.54) is 30.1 Å². The quantitative estimate of drug-likeness (QED) is 0.544. The van der Waals surface area contributed by atoms with Crippen LogP contribution in [0.5, 0.6) is 0 Å². The molecule has 0 bridgehead atoms. The zero-order chi connectivity index (χ0) is 25.4. The number of carboxylic acids is 2. The van der Waals surface area contributed by atoms with Crippen LogP contribution in [-0.4, -0.2) is 81.1 Å². The molecule has 34 heavy (non-hydrogen) atoms. The highest BCUT2D eigenvalue weighted by molar-refractivity contribution is 5.96. The van der Waals surface area contributed by atoms with Gasteiger partial charge in [0.1, 0.15) is 5.82 Å². The summed E-state index contributed by atoms with van der Waals surface area (Å²) < 4.78 is 13.7. The Morgan fingerprint density at radius 1 is 1.24 bits per heavy atom. The predicted octanol–water partition coefficient (Wildman–Crippen LogP) is 1.17. The van der Waals surface area contributed by atoms with Crippen LogP contribution in [0.4, 0.5) is 9.18 Å². The van der Waals surface area contributed by atoms with Crippen molar-refractivity contribution < 1.29 is 33.8 Å². The van der Waals surface area contributed by atoms with Crippen LogP contribution in [0, 0.1) is 17.1 Å². The number of carboxylic acid groups (broad SMARTS) is 2. The van der Waals surface area contributed by atoms with Gasteiger partial charge >= 0.3 is 18.0 Å². The van der Waals surface area contributed by atoms with Gasteiger partial charge in [0.2, 0.25) is 5.91 Å². The SMILES string of the molecule is CN1C(=O)CC(N2CCC[C@@H](N)C2)N(Cc2cc(F)ccc2C#N)C1=O.O=C(O)CCC(=O)O. The Morgan fingerprint density at radius 3 is 2.44 bits per heavy atom. The number of halogens is 1. The lowest BCUT2D eigenvalue weighted by Gasteiger charge is -2.46. The lowest BCUT2D eigenvalue weighted by atomic mass is 10.0. The summed E-state index contributed by atoms with van der Waals surface area (Å²) in [7, 11) is 1.44. The van der Waals surface area contributed by atoms with Crippen molar-refractivity contribution in [3.8, 4) is 6.07 Å². The highest BCUT2D eigenvalue weighted by Crippen LogP contribution is 2.26. The second-order valence-electron chi connectivity index (χ2n) is 8.15. The molecule has 0 radical (unpaired) electrons. The van der Waals surface area contributed by atoms with E-state index in [9.17, 15) is 28.8 Å². The smallest absolute Gasteiger partial charge is 0.328 e. The maximum absolute atomic E-state index is 13.7. The molecule has 0 saturated carbocycles. The molecular formula is C22H28FN5O6. The number of hydrogen-bond donors (Lipinski definition) is 3. The average molecular weight is 477 g/mol. The second kappa shape index (κ2) is 12.1. The average Bonchev–Trinajstić information content (AvgIpc) is 2.78. The van der Waals surface area contributed by atoms with E-state index in [1.54, 1.807) is 0 Å². The summed E-state index contributed by atoms with van der Waals surface area (Å²) in [6, 6.07) is 5.47. The lowest BCUT2D eigenvalue weighted by Crippen LogP contribution is -2.63. The highest BCUT2D eigenvalue weighted by Gasteiger charge is 2.41. The molecule has 1 unspecified atom stereocenters. The van der Waals surface area contributed by atoms with Crippen molar-refractivity contribution in [2.24, 2.45) is 5.73 Å². The first kappa shape index (κ1) is 26.7. The number of piperidine rings is 1. The summed E-state index contributed by atoms with van der Waals surface area (Å²) in [6.45, 7) is 1.40. The molecule has 184 valence electrons. The molecule has 11 nitrogen and oxygen atoms in total. The molecule has 3 amide bonds. The third kappa shape index (κ3) is 7.23. The molecule has 4 N–H and O–H groups in total. The summed E-state index contributed by atoms with van der Waals surface area (Å²) >= 11 is 0. The van der Waals surface area contributed by atoms with Gasteiger partial charge in [-0.3, -0.25) is 24.2 Å². The fourth-order valence-electron chi connectivity index (χ4n) is 3.84. The fourth-order valence-corrected chi connectivity index (χ4v) is 3.84. The molecule has 3 rings (SSSR count). The normalized spacial score (nSPS) is 20.9. The van der Waals surface area contributed by atoms with Gasteiger partial charge in [0.15, 0.2) is 0 Å². The molecule has 2 fully saturated rings. The van der Waals surface area contributed by atoms with Crippen LogP contribution in [0.1, 0.15) is 43.2 Å². The van der Waals surface area contributed by atoms with Gasteiger partial charge in [0.05, 0.1) is 43.6 Å². The van der Waals surface area contributed by atoms with Crippen LogP contribution in [0.3, 0.4) is 0 Å². The fraction of sp³-hybridized carbons (Fsp3) is 0.500. The van der Waals surface area contributed by atoms with Gasteiger partial charge in [-0.05, 0) is 36.6 Å². The van der Waals surface area contributed by atoms with Gasteiger partial charge in [-0.2, -0.15) is 5.26 Å². The minimum absolute atomic E-state index is 0.000649. The zero-order valence-corrected chi connectivity index (χ0v) is 18.8. The first-order valence-corrected chi connectivity index (χ1v) is 10.7. The molecule has 0 aliphatic carbocycles. The first-order chi connectivity index (χ1) is 16.0. The van der Waals surface area contributed by atoms with E-state index in [4.69, 9.17) is 15.9 Å². The van der Waals surface area contributed by atoms with Gasteiger partial charge in [-0.25, -0.2) is 9.18 Å². The van der Waals surface area contributed by atoms with E-state index >= 15 is 0 Å². The van der Waals surface area contributed by atoms with Crippen molar-refractivity contribution in [2.45, 2.75) is 50.9 Å². The minimum atomic E-state index is -1.08. The molecule has 2 aliphatic heterocycles. The second-order valence-corrected chi connectivity index (χ2v) is 8.15. The lowest BCUT2D eigenvalue weighted by molar-refractivity contribution is -0.143. The number of nitrogens with zero attached hydrogens (tertiary/aromatic N) is 4. The maximum Gasteiger partial charge on any atom is 0.328 e. The molecule has 0 aromatic heterocycles. The van der Waals surface area contributed by atoms with Crippen LogP contribution in [0.25, 0.3) is 0 Å². The predicted molar refractivity (Wildman–Crippen MR) is 117 cm³/mol. The number of imide groups is 1. The van der Waals surface area contributed by atoms with Crippen LogP contribution in [0.15, 0.2) is 18.2 Å². The molecule has 2 atom stereocenters. The summed E-state index contributed by atoms with van der Waals surface area (Å²) in [4.78, 5) is 48.9. The first-order valence-electron chi connectivity index (χ1n) is 10.7. The van der Waals surface area contributed by atoms with Crippen molar-refractivity contribution in [2.75, 3.05) is 20.1 Å². The number of benzene rings is 1. The van der Waals surface area contributed by atoms with Gasteiger partial charge in [0, 0.05) is 26.2 Å². The van der Waals surface area contributed by atoms with Crippen molar-refractivity contribution in [1.82, 2.24) is 14.7 Å². The summed E-state index contributed by atoms with van der Waals surface area (Å²) in [5.41, 5.74) is 6.80. The van der Waals surface area contributed by atoms with E-state index in [0.29, 0.717) is 17.7 Å². The molecule has 2 aliphatic rings. The van der Waals surface area contributed by atoms with Crippen LogP contribution in [-0.2, 0) is 20.9 Å². The largest absolute Gasteiger partial charge is 0.481 e. The third-order valence-corrected chi connectivity index (χ3v) is 5.62. The number of carbonyl (C=O) groups is 4. The van der Waals surface area contributed by atoms with E-state index in [1.807, 2.05) is 11.0 Å². The number of carbonyl (C=O) groups excluding carboxylic acids is 2. The highest BCUT2D eigenvalue weighted by atomic mass is 19.1. The number of urea groups is 1. The van der Waals surface area contributed by atoms with Crippen molar-refractivity contribution in [1.29, 1.82) is 5.26 Å². The Bertz CT molecular complexity index is 967. The number of nitrogens with two attached hydrogens (primary N) is 1. The number of nitriles is 1. The van der Waals surface area contributed by atoms with E-state index in [0.717, 1.165) is 24.3 Å². The number of aliphatic carboxylic acids is 2. The zero-order valence-electron chi connectivity index (χ0n) is 18.8. The summed E-state index contributed by atoms with van der Waals surface area (Å²) in [5.74, 6) is -2.88. The Kier molecular flexibility index (Phi) is 9.47. The van der Waals surface area contributed by atoms with Gasteiger partial charge in [-0.1, -0.05) is 0 Å². The molecule has 2 saturated heterocycles. The Balaban J connectivity index is 0.000000440. The van der Waals surface area contributed by atoms with Gasteiger partial charge in [0.25, 0.3) is 0 Å². The van der Waals surface area contributed by atoms with Crippen molar-refractivity contribution >= 4 is 23.9 Å². The van der Waals surface area contributed by atoms with Crippen molar-refractivity contribution in [3.05, 3.63) is 35.1 Å². The van der Waals surface area contributed by atoms with Gasteiger partial charge in [-0.15, -0.1) is 0 Å². The summed E-state index contributed by atoms with van der Waals surface area (Å²) in [5, 5.41) is 25.1. The molecular weight excluding hydrogens is 449 g/mol. The third-order valence-electron chi connectivity index (χ3n) is 5.62. The standard InChI is InChI=1S/C18H22FN5O2.C4H6O4/c1-22-17(25)8-16(23-6-2-3-15(21)11-23)24(18(22)26)10-13-7-14(19)5-4-12(13)9-20;5-3(6)1-2-4(7)8/h4-5,7,15-16H,2-3,6,8,10-11,21H2,1H3;1-2H2,(H,5,6)(H,7,8)/t15-,16?;/m1./s1. The minimum Gasteiger partial charge on any atom is -0.481 e. The Hall–Kier alpha value is -3.56. The topological polar surface area (TPSA) is 168 Å². The molecule has 0 spiro atoms. The van der Waals surface area contributed by atoms with E-state index in [-0.39, 0.29) is 37.8 Å². The maximum atomic E-state index is 13.7. The monoisotopic (exact) mass is 477 g/mol. The number of hydrogen-bond acceptors (Lipinski definition) is 7. The van der Waals surface area contributed by atoms with Gasteiger partial charge < -0.3 is 20.8 Å². The Labute approximate surface area is 196 Å². The van der Waals surface area contributed by atoms with E-state index in [2.05, 4.69) is 0 Å². The van der Waals surface area contributed by atoms with Crippen LogP contribution in [0.2, 0.25) is 0 Å².